The second-order valence-corrected chi connectivity index (χ2v) is 6.97. The molecule has 3 aromatic rings. The Morgan fingerprint density at radius 2 is 2.05 bits per heavy atom. The molecular weight excluding hydrogens is 378 g/mol. The normalized spacial score (nSPS) is 10.6. The van der Waals surface area contributed by atoms with Gasteiger partial charge in [0.1, 0.15) is 5.82 Å². The summed E-state index contributed by atoms with van der Waals surface area (Å²) in [5.74, 6) is 0.845. The molecule has 0 bridgehead atoms. The molecule has 0 radical (unpaired) electrons. The number of thiazole rings is 1. The second kappa shape index (κ2) is 7.17. The summed E-state index contributed by atoms with van der Waals surface area (Å²) in [6.45, 7) is 0. The number of anilines is 2. The highest BCUT2D eigenvalue weighted by Crippen LogP contribution is 2.22. The number of hydrogen-bond acceptors (Lipinski definition) is 4. The first-order chi connectivity index (χ1) is 10.7. The number of aromatic amines is 1. The lowest BCUT2D eigenvalue weighted by Crippen LogP contribution is -1.95. The maximum Gasteiger partial charge on any atom is 0.188 e. The van der Waals surface area contributed by atoms with E-state index in [2.05, 4.69) is 60.9 Å². The summed E-state index contributed by atoms with van der Waals surface area (Å²) >= 11 is 10.2. The molecule has 0 saturated heterocycles. The lowest BCUT2D eigenvalue weighted by Gasteiger charge is -2.03. The average molecular weight is 392 g/mol. The lowest BCUT2D eigenvalue weighted by molar-refractivity contribution is 0.927. The van der Waals surface area contributed by atoms with Crippen LogP contribution in [0.1, 0.15) is 11.3 Å². The van der Waals surface area contributed by atoms with Crippen LogP contribution < -0.4 is 5.32 Å². The number of aryl methyl sites for hydroxylation is 2. The summed E-state index contributed by atoms with van der Waals surface area (Å²) < 4.78 is 1.65. The summed E-state index contributed by atoms with van der Waals surface area (Å²) in [5, 5.41) is 6.22. The van der Waals surface area contributed by atoms with Crippen molar-refractivity contribution in [2.24, 2.45) is 0 Å². The fraction of sp³-hybridized carbons (Fsp3) is 0.125. The van der Waals surface area contributed by atoms with E-state index in [-0.39, 0.29) is 0 Å². The average Bonchev–Trinajstić information content (AvgIpc) is 2.97. The summed E-state index contributed by atoms with van der Waals surface area (Å²) in [7, 11) is 0. The predicted octanol–water partition coefficient (Wildman–Crippen LogP) is 5.49. The molecule has 0 saturated carbocycles. The fourth-order valence-electron chi connectivity index (χ4n) is 2.04. The highest BCUT2D eigenvalue weighted by Gasteiger charge is 2.04. The van der Waals surface area contributed by atoms with Crippen molar-refractivity contribution in [3.05, 3.63) is 68.2 Å². The van der Waals surface area contributed by atoms with Crippen LogP contribution in [0.3, 0.4) is 0 Å². The third-order valence-corrected chi connectivity index (χ3v) is 5.23. The molecule has 2 aromatic heterocycles. The van der Waals surface area contributed by atoms with Crippen LogP contribution in [0.4, 0.5) is 10.9 Å². The molecule has 0 atom stereocenters. The molecule has 22 heavy (non-hydrogen) atoms. The zero-order chi connectivity index (χ0) is 15.4. The van der Waals surface area contributed by atoms with Crippen LogP contribution in [0.15, 0.2) is 52.4 Å². The molecule has 2 heterocycles. The van der Waals surface area contributed by atoms with E-state index >= 15 is 0 Å². The fourth-order valence-corrected chi connectivity index (χ4v) is 3.20. The maximum absolute atomic E-state index is 5.23. The number of halogens is 1. The van der Waals surface area contributed by atoms with Crippen molar-refractivity contribution in [3.63, 3.8) is 0 Å². The number of nitrogens with zero attached hydrogens (tertiary/aromatic N) is 1. The zero-order valence-electron chi connectivity index (χ0n) is 11.7. The quantitative estimate of drug-likeness (QED) is 0.564. The third kappa shape index (κ3) is 4.03. The predicted molar refractivity (Wildman–Crippen MR) is 98.6 cm³/mol. The Labute approximate surface area is 146 Å². The number of hydrogen-bond donors (Lipinski definition) is 2. The van der Waals surface area contributed by atoms with Crippen LogP contribution in [0.25, 0.3) is 0 Å². The zero-order valence-corrected chi connectivity index (χ0v) is 14.9. The van der Waals surface area contributed by atoms with Crippen molar-refractivity contribution in [1.82, 2.24) is 9.97 Å². The van der Waals surface area contributed by atoms with Gasteiger partial charge in [0, 0.05) is 11.6 Å². The molecule has 0 aliphatic rings. The van der Waals surface area contributed by atoms with Crippen LogP contribution in [-0.4, -0.2) is 9.97 Å². The highest BCUT2D eigenvalue weighted by molar-refractivity contribution is 9.10. The molecule has 112 valence electrons. The van der Waals surface area contributed by atoms with Gasteiger partial charge in [-0.2, -0.15) is 0 Å². The van der Waals surface area contributed by atoms with Crippen LogP contribution in [0, 0.1) is 4.51 Å². The summed E-state index contributed by atoms with van der Waals surface area (Å²) in [6.07, 6.45) is 3.78. The van der Waals surface area contributed by atoms with Gasteiger partial charge in [-0.25, -0.2) is 4.98 Å². The van der Waals surface area contributed by atoms with Gasteiger partial charge in [0.15, 0.2) is 5.13 Å². The smallest absolute Gasteiger partial charge is 0.188 e. The Kier molecular flexibility index (Phi) is 5.02. The van der Waals surface area contributed by atoms with Crippen LogP contribution in [0.5, 0.6) is 0 Å². The summed E-state index contributed by atoms with van der Waals surface area (Å²) in [4.78, 5) is 7.75. The number of aromatic nitrogens is 2. The molecule has 3 rings (SSSR count). The van der Waals surface area contributed by atoms with Gasteiger partial charge in [0.2, 0.25) is 0 Å². The molecule has 3 nitrogen and oxygen atoms in total. The molecule has 0 aliphatic carbocycles. The first-order valence-electron chi connectivity index (χ1n) is 6.84. The standard InChI is InChI=1S/C16H14BrN3S2/c17-13-9-18-15(8-14(13)21)20-16-19-12(10-22-16)7-6-11-4-2-1-3-5-11/h1-5,8-10H,6-7H2,(H2,18,19,20,21). The number of nitrogens with one attached hydrogen (secondary N) is 2. The molecule has 1 aromatic carbocycles. The van der Waals surface area contributed by atoms with E-state index in [9.17, 15) is 0 Å². The van der Waals surface area contributed by atoms with E-state index < -0.39 is 0 Å². The van der Waals surface area contributed by atoms with Crippen molar-refractivity contribution in [2.75, 3.05) is 5.32 Å². The van der Waals surface area contributed by atoms with E-state index in [4.69, 9.17) is 12.2 Å². The Morgan fingerprint density at radius 3 is 2.82 bits per heavy atom. The van der Waals surface area contributed by atoms with Gasteiger partial charge in [0.25, 0.3) is 0 Å². The van der Waals surface area contributed by atoms with E-state index in [1.165, 1.54) is 5.56 Å². The molecule has 2 N–H and O–H groups in total. The van der Waals surface area contributed by atoms with Crippen LogP contribution >= 0.6 is 39.5 Å². The lowest BCUT2D eigenvalue weighted by atomic mass is 10.1. The topological polar surface area (TPSA) is 40.7 Å². The molecule has 0 aliphatic heterocycles. The van der Waals surface area contributed by atoms with Crippen molar-refractivity contribution >= 4 is 50.4 Å². The van der Waals surface area contributed by atoms with Crippen molar-refractivity contribution in [3.8, 4) is 0 Å². The Bertz CT molecular complexity index is 812. The van der Waals surface area contributed by atoms with Crippen molar-refractivity contribution < 1.29 is 0 Å². The minimum absolute atomic E-state index is 0.766. The van der Waals surface area contributed by atoms with Gasteiger partial charge in [-0.05, 0) is 40.4 Å². The van der Waals surface area contributed by atoms with E-state index in [1.54, 1.807) is 11.3 Å². The summed E-state index contributed by atoms with van der Waals surface area (Å²) in [6, 6.07) is 12.3. The second-order valence-electron chi connectivity index (χ2n) is 4.81. The van der Waals surface area contributed by atoms with Crippen LogP contribution in [0.2, 0.25) is 0 Å². The first-order valence-corrected chi connectivity index (χ1v) is 8.92. The number of rotatable bonds is 5. The molecule has 0 fully saturated rings. The van der Waals surface area contributed by atoms with Gasteiger partial charge in [0.05, 0.1) is 14.7 Å². The Hall–Kier alpha value is -1.50. The van der Waals surface area contributed by atoms with Crippen LogP contribution in [-0.2, 0) is 12.8 Å². The van der Waals surface area contributed by atoms with Gasteiger partial charge in [-0.3, -0.25) is 0 Å². The molecule has 0 amide bonds. The minimum Gasteiger partial charge on any atom is -0.347 e. The summed E-state index contributed by atoms with van der Waals surface area (Å²) in [5.41, 5.74) is 2.44. The molecular formula is C16H14BrN3S2. The maximum atomic E-state index is 5.23. The Balaban J connectivity index is 1.63. The largest absolute Gasteiger partial charge is 0.347 e. The first kappa shape index (κ1) is 15.4. The van der Waals surface area contributed by atoms with Gasteiger partial charge < -0.3 is 10.3 Å². The van der Waals surface area contributed by atoms with Gasteiger partial charge in [-0.15, -0.1) is 11.3 Å². The third-order valence-electron chi connectivity index (χ3n) is 3.17. The molecule has 0 spiro atoms. The SMILES string of the molecule is S=c1cc(Nc2nc(CCc3ccccc3)cs2)[nH]cc1Br. The monoisotopic (exact) mass is 391 g/mol. The highest BCUT2D eigenvalue weighted by atomic mass is 79.9. The van der Waals surface area contributed by atoms with Gasteiger partial charge >= 0.3 is 0 Å². The van der Waals surface area contributed by atoms with Gasteiger partial charge in [-0.1, -0.05) is 42.5 Å². The number of pyridine rings is 1. The Morgan fingerprint density at radius 1 is 1.23 bits per heavy atom. The number of H-pyrrole nitrogens is 1. The molecule has 0 unspecified atom stereocenters. The van der Waals surface area contributed by atoms with E-state index in [1.807, 2.05) is 18.3 Å². The molecule has 6 heteroatoms. The minimum atomic E-state index is 0.766. The van der Waals surface area contributed by atoms with Crippen molar-refractivity contribution in [2.45, 2.75) is 12.8 Å². The number of benzene rings is 1. The van der Waals surface area contributed by atoms with E-state index in [0.29, 0.717) is 0 Å². The van der Waals surface area contributed by atoms with E-state index in [0.717, 1.165) is 38.5 Å². The van der Waals surface area contributed by atoms with Crippen molar-refractivity contribution in [1.29, 1.82) is 0 Å².